The van der Waals surface area contributed by atoms with Gasteiger partial charge < -0.3 is 5.11 Å². The fourth-order valence-corrected chi connectivity index (χ4v) is 2.29. The number of carboxylic acids is 1. The molecule has 23 heavy (non-hydrogen) atoms. The van der Waals surface area contributed by atoms with Crippen LogP contribution in [0.1, 0.15) is 84.5 Å². The van der Waals surface area contributed by atoms with E-state index in [1.54, 1.807) is 6.92 Å². The Morgan fingerprint density at radius 1 is 0.826 bits per heavy atom. The van der Waals surface area contributed by atoms with Crippen LogP contribution in [0.2, 0.25) is 0 Å². The first-order chi connectivity index (χ1) is 11.2. The molecule has 0 spiro atoms. The second-order valence-electron chi connectivity index (χ2n) is 6.26. The van der Waals surface area contributed by atoms with E-state index in [1.807, 2.05) is 0 Å². The average Bonchev–Trinajstić information content (AvgIpc) is 2.54. The second-order valence-corrected chi connectivity index (χ2v) is 6.26. The van der Waals surface area contributed by atoms with Crippen LogP contribution in [0.3, 0.4) is 0 Å². The zero-order chi connectivity index (χ0) is 17.2. The van der Waals surface area contributed by atoms with Crippen LogP contribution < -0.4 is 0 Å². The molecular formula is C21H36O2. The van der Waals surface area contributed by atoms with E-state index in [-0.39, 0.29) is 5.92 Å². The summed E-state index contributed by atoms with van der Waals surface area (Å²) >= 11 is 0. The predicted molar refractivity (Wildman–Crippen MR) is 101 cm³/mol. The Morgan fingerprint density at radius 2 is 1.35 bits per heavy atom. The highest BCUT2D eigenvalue weighted by Crippen LogP contribution is 2.08. The van der Waals surface area contributed by atoms with Crippen molar-refractivity contribution in [3.8, 4) is 0 Å². The Kier molecular flexibility index (Phi) is 16.1. The van der Waals surface area contributed by atoms with Gasteiger partial charge in [-0.2, -0.15) is 0 Å². The Labute approximate surface area is 143 Å². The van der Waals surface area contributed by atoms with Crippen molar-refractivity contribution >= 4 is 5.97 Å². The van der Waals surface area contributed by atoms with Gasteiger partial charge in [-0.1, -0.05) is 82.4 Å². The van der Waals surface area contributed by atoms with Crippen molar-refractivity contribution in [2.24, 2.45) is 5.92 Å². The van der Waals surface area contributed by atoms with Gasteiger partial charge in [-0.05, 0) is 38.5 Å². The van der Waals surface area contributed by atoms with E-state index in [2.05, 4.69) is 43.4 Å². The summed E-state index contributed by atoms with van der Waals surface area (Å²) in [6.07, 6.45) is 26.0. The summed E-state index contributed by atoms with van der Waals surface area (Å²) in [6.45, 7) is 4.01. The van der Waals surface area contributed by atoms with Crippen LogP contribution in [0.25, 0.3) is 0 Å². The zero-order valence-electron chi connectivity index (χ0n) is 15.2. The first kappa shape index (κ1) is 21.7. The molecule has 1 atom stereocenters. The largest absolute Gasteiger partial charge is 0.481 e. The monoisotopic (exact) mass is 320 g/mol. The molecule has 0 rings (SSSR count). The fourth-order valence-electron chi connectivity index (χ4n) is 2.29. The van der Waals surface area contributed by atoms with Crippen LogP contribution >= 0.6 is 0 Å². The minimum atomic E-state index is -0.703. The molecule has 0 aromatic carbocycles. The number of hydrogen-bond acceptors (Lipinski definition) is 1. The van der Waals surface area contributed by atoms with Crippen LogP contribution in [-0.4, -0.2) is 11.1 Å². The SMILES string of the molecule is CCCCCCCCC=CCC=CCC=CCCC(C)C(=O)O. The van der Waals surface area contributed by atoms with Crippen LogP contribution in [0.4, 0.5) is 0 Å². The summed E-state index contributed by atoms with van der Waals surface area (Å²) in [7, 11) is 0. The minimum absolute atomic E-state index is 0.244. The molecule has 0 aliphatic rings. The molecule has 0 radical (unpaired) electrons. The molecule has 1 unspecified atom stereocenters. The highest BCUT2D eigenvalue weighted by molar-refractivity contribution is 5.69. The lowest BCUT2D eigenvalue weighted by Gasteiger charge is -2.01. The summed E-state index contributed by atoms with van der Waals surface area (Å²) < 4.78 is 0. The van der Waals surface area contributed by atoms with Gasteiger partial charge in [-0.3, -0.25) is 4.79 Å². The normalized spacial score (nSPS) is 13.5. The number of aliphatic carboxylic acids is 1. The first-order valence-corrected chi connectivity index (χ1v) is 9.36. The number of rotatable bonds is 15. The zero-order valence-corrected chi connectivity index (χ0v) is 15.2. The maximum Gasteiger partial charge on any atom is 0.306 e. The molecule has 0 aliphatic carbocycles. The molecule has 1 N–H and O–H groups in total. The summed E-state index contributed by atoms with van der Waals surface area (Å²) in [5.41, 5.74) is 0. The third-order valence-electron chi connectivity index (χ3n) is 3.96. The Morgan fingerprint density at radius 3 is 1.96 bits per heavy atom. The number of unbranched alkanes of at least 4 members (excludes halogenated alkanes) is 6. The summed E-state index contributed by atoms with van der Waals surface area (Å²) in [5, 5.41) is 8.77. The summed E-state index contributed by atoms with van der Waals surface area (Å²) in [4.78, 5) is 10.6. The summed E-state index contributed by atoms with van der Waals surface area (Å²) in [6, 6.07) is 0. The lowest BCUT2D eigenvalue weighted by molar-refractivity contribution is -0.141. The second kappa shape index (κ2) is 17.1. The van der Waals surface area contributed by atoms with Crippen molar-refractivity contribution in [2.75, 3.05) is 0 Å². The molecule has 0 aromatic heterocycles. The van der Waals surface area contributed by atoms with Crippen LogP contribution in [0.15, 0.2) is 36.5 Å². The first-order valence-electron chi connectivity index (χ1n) is 9.36. The van der Waals surface area contributed by atoms with Gasteiger partial charge in [0.1, 0.15) is 0 Å². The third kappa shape index (κ3) is 16.9. The molecule has 0 fully saturated rings. The van der Waals surface area contributed by atoms with Crippen molar-refractivity contribution in [1.82, 2.24) is 0 Å². The molecular weight excluding hydrogens is 284 g/mol. The Bertz CT molecular complexity index is 353. The maximum absolute atomic E-state index is 10.6. The molecule has 0 bridgehead atoms. The quantitative estimate of drug-likeness (QED) is 0.270. The number of carbonyl (C=O) groups is 1. The van der Waals surface area contributed by atoms with E-state index in [4.69, 9.17) is 5.11 Å². The Hall–Kier alpha value is -1.31. The van der Waals surface area contributed by atoms with Gasteiger partial charge in [0.2, 0.25) is 0 Å². The fraction of sp³-hybridized carbons (Fsp3) is 0.667. The lowest BCUT2D eigenvalue weighted by Crippen LogP contribution is -2.08. The van der Waals surface area contributed by atoms with Crippen molar-refractivity contribution in [3.05, 3.63) is 36.5 Å². The molecule has 0 amide bonds. The predicted octanol–water partition coefficient (Wildman–Crippen LogP) is 6.69. The van der Waals surface area contributed by atoms with Gasteiger partial charge in [-0.25, -0.2) is 0 Å². The van der Waals surface area contributed by atoms with Gasteiger partial charge in [0, 0.05) is 0 Å². The molecule has 0 aromatic rings. The lowest BCUT2D eigenvalue weighted by atomic mass is 10.1. The van der Waals surface area contributed by atoms with Crippen molar-refractivity contribution in [1.29, 1.82) is 0 Å². The van der Waals surface area contributed by atoms with Crippen molar-refractivity contribution < 1.29 is 9.90 Å². The number of hydrogen-bond donors (Lipinski definition) is 1. The van der Waals surface area contributed by atoms with E-state index in [0.717, 1.165) is 25.7 Å². The van der Waals surface area contributed by atoms with Crippen LogP contribution in [0.5, 0.6) is 0 Å². The van der Waals surface area contributed by atoms with Gasteiger partial charge in [0.25, 0.3) is 0 Å². The van der Waals surface area contributed by atoms with Gasteiger partial charge in [0.15, 0.2) is 0 Å². The smallest absolute Gasteiger partial charge is 0.306 e. The highest BCUT2D eigenvalue weighted by atomic mass is 16.4. The molecule has 0 aliphatic heterocycles. The average molecular weight is 321 g/mol. The van der Waals surface area contributed by atoms with E-state index >= 15 is 0 Å². The number of allylic oxidation sites excluding steroid dienone is 6. The van der Waals surface area contributed by atoms with E-state index in [0.29, 0.717) is 0 Å². The molecule has 0 heterocycles. The van der Waals surface area contributed by atoms with Gasteiger partial charge in [-0.15, -0.1) is 0 Å². The summed E-state index contributed by atoms with van der Waals surface area (Å²) in [5.74, 6) is -0.946. The third-order valence-corrected chi connectivity index (χ3v) is 3.96. The minimum Gasteiger partial charge on any atom is -0.481 e. The van der Waals surface area contributed by atoms with Gasteiger partial charge >= 0.3 is 5.97 Å². The highest BCUT2D eigenvalue weighted by Gasteiger charge is 2.08. The maximum atomic E-state index is 10.6. The molecule has 2 nitrogen and oxygen atoms in total. The van der Waals surface area contributed by atoms with E-state index in [1.165, 1.54) is 44.9 Å². The van der Waals surface area contributed by atoms with E-state index < -0.39 is 5.97 Å². The standard InChI is InChI=1S/C21H36O2/c1-3-4-5-6-7-8-9-10-11-12-13-14-15-16-17-18-19-20(2)21(22)23/h10-11,13-14,16-17,20H,3-9,12,15,18-19H2,1-2H3,(H,22,23). The molecule has 132 valence electrons. The van der Waals surface area contributed by atoms with Crippen molar-refractivity contribution in [2.45, 2.75) is 84.5 Å². The Balaban J connectivity index is 3.39. The van der Waals surface area contributed by atoms with Crippen LogP contribution in [0, 0.1) is 5.92 Å². The van der Waals surface area contributed by atoms with Gasteiger partial charge in [0.05, 0.1) is 5.92 Å². The molecule has 0 saturated carbocycles. The van der Waals surface area contributed by atoms with Crippen molar-refractivity contribution in [3.63, 3.8) is 0 Å². The number of carboxylic acid groups (broad SMARTS) is 1. The molecule has 0 saturated heterocycles. The van der Waals surface area contributed by atoms with E-state index in [9.17, 15) is 4.79 Å². The molecule has 2 heteroatoms. The van der Waals surface area contributed by atoms with Crippen LogP contribution in [-0.2, 0) is 4.79 Å². The topological polar surface area (TPSA) is 37.3 Å².